The first-order chi connectivity index (χ1) is 12.7. The van der Waals surface area contributed by atoms with Crippen molar-refractivity contribution in [3.63, 3.8) is 0 Å². The maximum absolute atomic E-state index is 13.4. The van der Waals surface area contributed by atoms with Gasteiger partial charge in [0.1, 0.15) is 16.6 Å². The van der Waals surface area contributed by atoms with Crippen LogP contribution in [-0.2, 0) is 17.1 Å². The Bertz CT molecular complexity index is 997. The molecule has 1 aromatic carbocycles. The van der Waals surface area contributed by atoms with E-state index in [0.29, 0.717) is 13.0 Å². The first-order valence-electron chi connectivity index (χ1n) is 7.43. The van der Waals surface area contributed by atoms with E-state index in [1.165, 1.54) is 11.8 Å². The second-order valence-electron chi connectivity index (χ2n) is 5.76. The minimum absolute atomic E-state index is 0.205. The fourth-order valence-electron chi connectivity index (χ4n) is 2.10. The van der Waals surface area contributed by atoms with Gasteiger partial charge in [-0.3, -0.25) is 4.79 Å². The number of sulfonamides is 1. The van der Waals surface area contributed by atoms with Crippen LogP contribution in [0.15, 0.2) is 29.3 Å². The molecule has 0 fully saturated rings. The van der Waals surface area contributed by atoms with Crippen molar-refractivity contribution < 1.29 is 35.2 Å². The highest BCUT2D eigenvalue weighted by Gasteiger charge is 2.39. The average molecular weight is 446 g/mol. The lowest BCUT2D eigenvalue weighted by molar-refractivity contribution is -0.147. The summed E-state index contributed by atoms with van der Waals surface area (Å²) in [5.41, 5.74) is -0.468. The Kier molecular flexibility index (Phi) is 6.07. The van der Waals surface area contributed by atoms with Crippen LogP contribution in [0.3, 0.4) is 0 Å². The lowest BCUT2D eigenvalue weighted by Crippen LogP contribution is -2.42. The Morgan fingerprint density at radius 2 is 1.82 bits per heavy atom. The van der Waals surface area contributed by atoms with E-state index in [4.69, 9.17) is 11.6 Å². The van der Waals surface area contributed by atoms with E-state index in [-0.39, 0.29) is 11.4 Å². The molecular formula is C15H13ClF5N3O3S. The molecule has 0 aliphatic rings. The lowest BCUT2D eigenvalue weighted by atomic mass is 10.3. The summed E-state index contributed by atoms with van der Waals surface area (Å²) < 4.78 is 91.0. The smallest absolute Gasteiger partial charge is 0.345 e. The van der Waals surface area contributed by atoms with E-state index in [2.05, 4.69) is 5.32 Å². The van der Waals surface area contributed by atoms with Gasteiger partial charge in [0.05, 0.1) is 5.02 Å². The molecule has 1 heterocycles. The second-order valence-corrected chi connectivity index (χ2v) is 7.89. The van der Waals surface area contributed by atoms with Gasteiger partial charge in [-0.2, -0.15) is 17.9 Å². The minimum Gasteiger partial charge on any atom is -0.345 e. The number of alkyl halides is 3. The van der Waals surface area contributed by atoms with Gasteiger partial charge in [0.25, 0.3) is 5.91 Å². The Morgan fingerprint density at radius 1 is 1.21 bits per heavy atom. The van der Waals surface area contributed by atoms with Gasteiger partial charge in [0.15, 0.2) is 11.6 Å². The molecule has 6 nitrogen and oxygen atoms in total. The van der Waals surface area contributed by atoms with Crippen LogP contribution in [0.4, 0.5) is 27.6 Å². The summed E-state index contributed by atoms with van der Waals surface area (Å²) in [7, 11) is -3.29. The van der Waals surface area contributed by atoms with Gasteiger partial charge in [-0.05, 0) is 19.1 Å². The number of nitrogens with zero attached hydrogens (tertiary/aromatic N) is 1. The van der Waals surface area contributed by atoms with Crippen molar-refractivity contribution in [2.45, 2.75) is 24.0 Å². The van der Waals surface area contributed by atoms with Crippen molar-refractivity contribution in [3.05, 3.63) is 46.7 Å². The van der Waals surface area contributed by atoms with Gasteiger partial charge in [-0.1, -0.05) is 11.6 Å². The molecule has 0 bridgehead atoms. The number of hydrogen-bond donors (Lipinski definition) is 2. The Labute approximate surface area is 161 Å². The first-order valence-corrected chi connectivity index (χ1v) is 9.30. The molecule has 1 unspecified atom stereocenters. The summed E-state index contributed by atoms with van der Waals surface area (Å²) in [5, 5.41) is 1.60. The van der Waals surface area contributed by atoms with Crippen molar-refractivity contribution in [1.82, 2.24) is 9.29 Å². The number of carbonyl (C=O) groups is 1. The number of rotatable bonds is 5. The number of hydrogen-bond acceptors (Lipinski definition) is 3. The largest absolute Gasteiger partial charge is 0.404 e. The predicted molar refractivity (Wildman–Crippen MR) is 90.6 cm³/mol. The van der Waals surface area contributed by atoms with E-state index >= 15 is 0 Å². The molecule has 1 atom stereocenters. The number of aryl methyl sites for hydroxylation is 1. The number of halogens is 6. The van der Waals surface area contributed by atoms with Crippen LogP contribution < -0.4 is 10.0 Å². The molecule has 0 aliphatic heterocycles. The monoisotopic (exact) mass is 445 g/mol. The highest BCUT2D eigenvalue weighted by atomic mass is 35.5. The molecule has 0 spiro atoms. The Balaban J connectivity index is 2.27. The van der Waals surface area contributed by atoms with Crippen LogP contribution in [0.5, 0.6) is 0 Å². The average Bonchev–Trinajstić information content (AvgIpc) is 2.94. The van der Waals surface area contributed by atoms with Gasteiger partial charge in [0, 0.05) is 25.0 Å². The molecule has 13 heteroatoms. The summed E-state index contributed by atoms with van der Waals surface area (Å²) in [5.74, 6) is -3.55. The van der Waals surface area contributed by atoms with Crippen LogP contribution in [0, 0.1) is 11.6 Å². The quantitative estimate of drug-likeness (QED) is 0.546. The third-order valence-electron chi connectivity index (χ3n) is 3.59. The van der Waals surface area contributed by atoms with Gasteiger partial charge in [-0.15, -0.1) is 0 Å². The highest BCUT2D eigenvalue weighted by molar-refractivity contribution is 7.89. The van der Waals surface area contributed by atoms with E-state index in [1.807, 2.05) is 0 Å². The number of nitrogens with one attached hydrogen (secondary N) is 2. The van der Waals surface area contributed by atoms with Crippen LogP contribution in [0.2, 0.25) is 5.02 Å². The predicted octanol–water partition coefficient (Wildman–Crippen LogP) is 3.44. The topological polar surface area (TPSA) is 80.2 Å². The molecule has 0 saturated heterocycles. The van der Waals surface area contributed by atoms with E-state index in [9.17, 15) is 35.2 Å². The summed E-state index contributed by atoms with van der Waals surface area (Å²) in [4.78, 5) is 11.7. The van der Waals surface area contributed by atoms with Crippen LogP contribution >= 0.6 is 11.6 Å². The molecule has 0 radical (unpaired) electrons. The van der Waals surface area contributed by atoms with Gasteiger partial charge in [-0.25, -0.2) is 17.2 Å². The highest BCUT2D eigenvalue weighted by Crippen LogP contribution is 2.25. The Morgan fingerprint density at radius 3 is 2.36 bits per heavy atom. The van der Waals surface area contributed by atoms with E-state index in [1.54, 1.807) is 0 Å². The van der Waals surface area contributed by atoms with Crippen molar-refractivity contribution in [2.75, 3.05) is 5.32 Å². The summed E-state index contributed by atoms with van der Waals surface area (Å²) in [6.07, 6.45) is -3.87. The van der Waals surface area contributed by atoms with Crippen molar-refractivity contribution >= 4 is 33.2 Å². The van der Waals surface area contributed by atoms with E-state index < -0.39 is 49.7 Å². The van der Waals surface area contributed by atoms with Crippen LogP contribution in [0.25, 0.3) is 0 Å². The van der Waals surface area contributed by atoms with Crippen LogP contribution in [-0.4, -0.2) is 31.1 Å². The maximum atomic E-state index is 13.4. The molecule has 154 valence electrons. The third kappa shape index (κ3) is 4.80. The van der Waals surface area contributed by atoms with Crippen molar-refractivity contribution in [3.8, 4) is 0 Å². The minimum atomic E-state index is -4.80. The van der Waals surface area contributed by atoms with Crippen molar-refractivity contribution in [1.29, 1.82) is 0 Å². The summed E-state index contributed by atoms with van der Waals surface area (Å²) in [6.45, 7) is 0.626. The van der Waals surface area contributed by atoms with Gasteiger partial charge >= 0.3 is 6.18 Å². The molecule has 1 aromatic heterocycles. The van der Waals surface area contributed by atoms with E-state index in [0.717, 1.165) is 22.9 Å². The number of anilines is 1. The van der Waals surface area contributed by atoms with Crippen molar-refractivity contribution in [2.24, 2.45) is 7.05 Å². The standard InChI is InChI=1S/C15H13ClF5N3O3S/c1-7(15(19,20)21)23-28(26,27)9-5-12(24(2)6-9)14(25)22-8-3-10(16)13(18)11(17)4-8/h3-7,23H,1-2H3,(H,22,25). The van der Waals surface area contributed by atoms with Gasteiger partial charge in [0.2, 0.25) is 10.0 Å². The third-order valence-corrected chi connectivity index (χ3v) is 5.37. The molecule has 2 aromatic rings. The zero-order chi connectivity index (χ0) is 21.4. The zero-order valence-corrected chi connectivity index (χ0v) is 15.8. The number of carbonyl (C=O) groups excluding carboxylic acids is 1. The normalized spacial score (nSPS) is 13.4. The molecule has 1 amide bonds. The Hall–Kier alpha value is -2.18. The maximum Gasteiger partial charge on any atom is 0.404 e. The molecule has 2 N–H and O–H groups in total. The molecular weight excluding hydrogens is 433 g/mol. The zero-order valence-electron chi connectivity index (χ0n) is 14.2. The lowest BCUT2D eigenvalue weighted by Gasteiger charge is -2.16. The number of amides is 1. The SMILES string of the molecule is CC(NS(=O)(=O)c1cc(C(=O)Nc2cc(F)c(F)c(Cl)c2)n(C)c1)C(F)(F)F. The van der Waals surface area contributed by atoms with Gasteiger partial charge < -0.3 is 9.88 Å². The first kappa shape index (κ1) is 22.1. The molecule has 0 saturated carbocycles. The summed E-state index contributed by atoms with van der Waals surface area (Å²) in [6, 6.07) is 0.0823. The molecule has 28 heavy (non-hydrogen) atoms. The summed E-state index contributed by atoms with van der Waals surface area (Å²) >= 11 is 5.48. The number of aromatic nitrogens is 1. The number of benzene rings is 1. The molecule has 0 aliphatic carbocycles. The fourth-order valence-corrected chi connectivity index (χ4v) is 3.60. The van der Waals surface area contributed by atoms with Crippen LogP contribution in [0.1, 0.15) is 17.4 Å². The fraction of sp³-hybridized carbons (Fsp3) is 0.267. The second kappa shape index (κ2) is 7.68. The molecule has 2 rings (SSSR count).